The van der Waals surface area contributed by atoms with E-state index in [0.717, 1.165) is 39.3 Å². The Labute approximate surface area is 143 Å². The number of benzene rings is 1. The fraction of sp³-hybridized carbons (Fsp3) is 0.632. The van der Waals surface area contributed by atoms with E-state index in [0.29, 0.717) is 12.5 Å². The number of hydrogen-bond donors (Lipinski definition) is 0. The van der Waals surface area contributed by atoms with Gasteiger partial charge in [0.15, 0.2) is 0 Å². The Balaban J connectivity index is 1.44. The lowest BCUT2D eigenvalue weighted by Crippen LogP contribution is -2.53. The quantitative estimate of drug-likeness (QED) is 0.838. The number of amides is 1. The zero-order chi connectivity index (χ0) is 16.5. The zero-order valence-electron chi connectivity index (χ0n) is 14.3. The van der Waals surface area contributed by atoms with Gasteiger partial charge in [-0.1, -0.05) is 29.8 Å². The van der Waals surface area contributed by atoms with Crippen molar-refractivity contribution in [3.63, 3.8) is 0 Å². The van der Waals surface area contributed by atoms with Gasteiger partial charge < -0.3 is 14.4 Å². The van der Waals surface area contributed by atoms with E-state index in [1.807, 2.05) is 4.90 Å². The molecule has 3 fully saturated rings. The van der Waals surface area contributed by atoms with Crippen LogP contribution in [-0.2, 0) is 20.8 Å². The minimum absolute atomic E-state index is 0.115. The molecule has 3 saturated heterocycles. The average molecular weight is 330 g/mol. The van der Waals surface area contributed by atoms with Crippen LogP contribution < -0.4 is 0 Å². The largest absolute Gasteiger partial charge is 0.381 e. The van der Waals surface area contributed by atoms with E-state index >= 15 is 0 Å². The van der Waals surface area contributed by atoms with Gasteiger partial charge in [0.1, 0.15) is 6.61 Å². The second-order valence-corrected chi connectivity index (χ2v) is 7.38. The van der Waals surface area contributed by atoms with E-state index < -0.39 is 0 Å². The lowest BCUT2D eigenvalue weighted by Gasteiger charge is -2.37. The predicted octanol–water partition coefficient (Wildman–Crippen LogP) is 1.44. The van der Waals surface area contributed by atoms with E-state index in [1.54, 1.807) is 0 Å². The summed E-state index contributed by atoms with van der Waals surface area (Å²) in [7, 11) is 0. The Bertz CT molecular complexity index is 600. The lowest BCUT2D eigenvalue weighted by atomic mass is 10.1. The maximum absolute atomic E-state index is 12.4. The number of hydrogen-bond acceptors (Lipinski definition) is 4. The van der Waals surface area contributed by atoms with Crippen molar-refractivity contribution in [2.45, 2.75) is 32.0 Å². The maximum Gasteiger partial charge on any atom is 0.249 e. The van der Waals surface area contributed by atoms with E-state index in [1.165, 1.54) is 11.1 Å². The van der Waals surface area contributed by atoms with Crippen LogP contribution >= 0.6 is 0 Å². The molecule has 0 N–H and O–H groups in total. The smallest absolute Gasteiger partial charge is 0.249 e. The Kier molecular flexibility index (Phi) is 4.57. The fourth-order valence-corrected chi connectivity index (χ4v) is 4.20. The molecule has 0 bridgehead atoms. The van der Waals surface area contributed by atoms with E-state index in [-0.39, 0.29) is 24.7 Å². The van der Waals surface area contributed by atoms with Crippen LogP contribution in [0.2, 0.25) is 0 Å². The Morgan fingerprint density at radius 2 is 2.21 bits per heavy atom. The summed E-state index contributed by atoms with van der Waals surface area (Å²) in [5.74, 6) is 0.745. The lowest BCUT2D eigenvalue weighted by molar-refractivity contribution is -0.153. The average Bonchev–Trinajstić information content (AvgIpc) is 3.20. The van der Waals surface area contributed by atoms with Gasteiger partial charge in [0.05, 0.1) is 18.8 Å². The molecule has 0 aliphatic carbocycles. The molecule has 3 aliphatic heterocycles. The van der Waals surface area contributed by atoms with Crippen molar-refractivity contribution in [3.05, 3.63) is 35.4 Å². The maximum atomic E-state index is 12.4. The number of morpholine rings is 1. The van der Waals surface area contributed by atoms with Gasteiger partial charge in [-0.3, -0.25) is 9.69 Å². The number of rotatable bonds is 4. The molecule has 4 rings (SSSR count). The van der Waals surface area contributed by atoms with Crippen LogP contribution in [0.1, 0.15) is 17.5 Å². The van der Waals surface area contributed by atoms with Crippen LogP contribution in [0.15, 0.2) is 24.3 Å². The third-order valence-electron chi connectivity index (χ3n) is 5.43. The molecule has 0 radical (unpaired) electrons. The van der Waals surface area contributed by atoms with Crippen molar-refractivity contribution in [2.24, 2.45) is 5.92 Å². The molecule has 3 heterocycles. The van der Waals surface area contributed by atoms with Gasteiger partial charge in [-0.2, -0.15) is 0 Å². The highest BCUT2D eigenvalue weighted by Gasteiger charge is 2.43. The molecule has 0 saturated carbocycles. The molecule has 1 aromatic rings. The molecule has 5 nitrogen and oxygen atoms in total. The highest BCUT2D eigenvalue weighted by Crippen LogP contribution is 2.27. The number of aryl methyl sites for hydroxylation is 1. The summed E-state index contributed by atoms with van der Waals surface area (Å²) in [6, 6.07) is 8.60. The summed E-state index contributed by atoms with van der Waals surface area (Å²) in [5.41, 5.74) is 2.44. The number of likely N-dealkylation sites (tertiary alicyclic amines) is 1. The first-order chi connectivity index (χ1) is 11.7. The number of carbonyl (C=O) groups excluding carboxylic acids is 1. The molecule has 0 unspecified atom stereocenters. The van der Waals surface area contributed by atoms with Gasteiger partial charge in [-0.25, -0.2) is 0 Å². The predicted molar refractivity (Wildman–Crippen MR) is 90.6 cm³/mol. The Morgan fingerprint density at radius 1 is 1.29 bits per heavy atom. The van der Waals surface area contributed by atoms with Gasteiger partial charge in [0, 0.05) is 32.8 Å². The number of nitrogens with zero attached hydrogens (tertiary/aromatic N) is 2. The van der Waals surface area contributed by atoms with Crippen LogP contribution in [0.3, 0.4) is 0 Å². The first kappa shape index (κ1) is 16.1. The van der Waals surface area contributed by atoms with Crippen molar-refractivity contribution in [1.29, 1.82) is 0 Å². The zero-order valence-corrected chi connectivity index (χ0v) is 14.3. The molecule has 1 amide bonds. The van der Waals surface area contributed by atoms with Crippen LogP contribution in [0.5, 0.6) is 0 Å². The highest BCUT2D eigenvalue weighted by molar-refractivity contribution is 5.78. The highest BCUT2D eigenvalue weighted by atomic mass is 16.5. The minimum atomic E-state index is 0.115. The third kappa shape index (κ3) is 3.34. The monoisotopic (exact) mass is 330 g/mol. The summed E-state index contributed by atoms with van der Waals surface area (Å²) in [6.45, 7) is 7.66. The van der Waals surface area contributed by atoms with E-state index in [2.05, 4.69) is 36.1 Å². The SMILES string of the molecule is Cc1cccc(CN2C(=O)CO[C@@H]3CN(C[C@H]4CCOC4)C[C@H]32)c1. The van der Waals surface area contributed by atoms with Gasteiger partial charge in [-0.15, -0.1) is 0 Å². The second-order valence-electron chi connectivity index (χ2n) is 7.38. The van der Waals surface area contributed by atoms with Crippen LogP contribution in [0.25, 0.3) is 0 Å². The second kappa shape index (κ2) is 6.82. The first-order valence-corrected chi connectivity index (χ1v) is 8.96. The molecule has 130 valence electrons. The summed E-state index contributed by atoms with van der Waals surface area (Å²) in [6.07, 6.45) is 1.30. The van der Waals surface area contributed by atoms with Gasteiger partial charge in [-0.05, 0) is 24.8 Å². The molecule has 24 heavy (non-hydrogen) atoms. The number of fused-ring (bicyclic) bond motifs is 1. The molecular weight excluding hydrogens is 304 g/mol. The Morgan fingerprint density at radius 3 is 3.00 bits per heavy atom. The number of ether oxygens (including phenoxy) is 2. The van der Waals surface area contributed by atoms with Crippen LogP contribution in [-0.4, -0.2) is 67.3 Å². The molecule has 1 aromatic carbocycles. The summed E-state index contributed by atoms with van der Waals surface area (Å²) in [5, 5.41) is 0. The topological polar surface area (TPSA) is 42.0 Å². The van der Waals surface area contributed by atoms with E-state index in [9.17, 15) is 4.79 Å². The minimum Gasteiger partial charge on any atom is -0.381 e. The molecule has 0 aromatic heterocycles. The van der Waals surface area contributed by atoms with Gasteiger partial charge in [0.2, 0.25) is 5.91 Å². The molecule has 3 aliphatic rings. The normalized spacial score (nSPS) is 30.8. The summed E-state index contributed by atoms with van der Waals surface area (Å²) < 4.78 is 11.3. The van der Waals surface area contributed by atoms with Crippen molar-refractivity contribution < 1.29 is 14.3 Å². The molecule has 0 spiro atoms. The fourth-order valence-electron chi connectivity index (χ4n) is 4.20. The molecule has 5 heteroatoms. The summed E-state index contributed by atoms with van der Waals surface area (Å²) in [4.78, 5) is 16.9. The van der Waals surface area contributed by atoms with Crippen LogP contribution in [0.4, 0.5) is 0 Å². The van der Waals surface area contributed by atoms with Gasteiger partial charge >= 0.3 is 0 Å². The summed E-state index contributed by atoms with van der Waals surface area (Å²) >= 11 is 0. The van der Waals surface area contributed by atoms with Crippen molar-refractivity contribution >= 4 is 5.91 Å². The van der Waals surface area contributed by atoms with Gasteiger partial charge in [0.25, 0.3) is 0 Å². The number of carbonyl (C=O) groups is 1. The van der Waals surface area contributed by atoms with Crippen molar-refractivity contribution in [1.82, 2.24) is 9.80 Å². The molecule has 3 atom stereocenters. The third-order valence-corrected chi connectivity index (χ3v) is 5.43. The Hall–Kier alpha value is -1.43. The molecular formula is C19H26N2O3. The van der Waals surface area contributed by atoms with Crippen molar-refractivity contribution in [2.75, 3.05) is 39.5 Å². The van der Waals surface area contributed by atoms with E-state index in [4.69, 9.17) is 9.47 Å². The van der Waals surface area contributed by atoms with Crippen LogP contribution in [0, 0.1) is 12.8 Å². The standard InChI is InChI=1S/C19H26N2O3/c1-14-3-2-4-15(7-14)9-21-17-10-20(8-16-5-6-23-12-16)11-18(17)24-13-19(21)22/h2-4,7,16-18H,5-6,8-13H2,1H3/t16-,17-,18-/m1/s1. The van der Waals surface area contributed by atoms with Crippen molar-refractivity contribution in [3.8, 4) is 0 Å². The first-order valence-electron chi connectivity index (χ1n) is 8.96.